The van der Waals surface area contributed by atoms with Crippen molar-refractivity contribution in [3.05, 3.63) is 39.9 Å². The lowest BCUT2D eigenvalue weighted by molar-refractivity contribution is -0.384. The number of amides is 1. The number of hydrogen-bond donors (Lipinski definition) is 2. The number of nitrogens with zero attached hydrogens (tertiary/aromatic N) is 1. The number of nitro benzene ring substituents is 1. The first-order valence-corrected chi connectivity index (χ1v) is 6.07. The van der Waals surface area contributed by atoms with Crippen LogP contribution in [0.25, 0.3) is 0 Å². The van der Waals surface area contributed by atoms with Crippen LogP contribution < -0.4 is 11.1 Å². The number of rotatable bonds is 5. The number of hydrogen-bond acceptors (Lipinski definition) is 4. The van der Waals surface area contributed by atoms with E-state index in [-0.39, 0.29) is 17.5 Å². The predicted octanol–water partition coefficient (Wildman–Crippen LogP) is 1.70. The van der Waals surface area contributed by atoms with Gasteiger partial charge in [-0.3, -0.25) is 14.9 Å². The quantitative estimate of drug-likeness (QED) is 0.625. The zero-order chi connectivity index (χ0) is 14.6. The van der Waals surface area contributed by atoms with Crippen LogP contribution in [-0.2, 0) is 0 Å². The minimum absolute atomic E-state index is 0.0398. The molecule has 0 fully saturated rings. The second-order valence-electron chi connectivity index (χ2n) is 5.03. The third-order valence-electron chi connectivity index (χ3n) is 3.44. The van der Waals surface area contributed by atoms with Crippen molar-refractivity contribution in [2.45, 2.75) is 26.3 Å². The lowest BCUT2D eigenvalue weighted by atomic mass is 9.88. The lowest BCUT2D eigenvalue weighted by Gasteiger charge is -2.33. The van der Waals surface area contributed by atoms with Crippen LogP contribution in [0.3, 0.4) is 0 Å². The molecular weight excluding hydrogens is 246 g/mol. The first-order chi connectivity index (χ1) is 8.80. The molecule has 19 heavy (non-hydrogen) atoms. The van der Waals surface area contributed by atoms with Crippen LogP contribution in [0.2, 0.25) is 0 Å². The fraction of sp³-hybridized carbons (Fsp3) is 0.462. The lowest BCUT2D eigenvalue weighted by Crippen LogP contribution is -2.55. The second kappa shape index (κ2) is 5.79. The van der Waals surface area contributed by atoms with Gasteiger partial charge in [0.05, 0.1) is 10.5 Å². The third kappa shape index (κ3) is 3.51. The molecule has 1 aromatic rings. The van der Waals surface area contributed by atoms with Crippen LogP contribution >= 0.6 is 0 Å². The molecule has 104 valence electrons. The Morgan fingerprint density at radius 3 is 2.32 bits per heavy atom. The second-order valence-corrected chi connectivity index (χ2v) is 5.03. The summed E-state index contributed by atoms with van der Waals surface area (Å²) in [5, 5.41) is 13.4. The maximum absolute atomic E-state index is 12.1. The van der Waals surface area contributed by atoms with E-state index in [2.05, 4.69) is 5.32 Å². The SMILES string of the molecule is CC(C)C(C)(CN)NC(=O)c1ccc([N+](=O)[O-])cc1. The first-order valence-electron chi connectivity index (χ1n) is 6.07. The van der Waals surface area contributed by atoms with Gasteiger partial charge in [-0.25, -0.2) is 0 Å². The minimum Gasteiger partial charge on any atom is -0.345 e. The number of nitro groups is 1. The summed E-state index contributed by atoms with van der Waals surface area (Å²) in [5.74, 6) is -0.101. The van der Waals surface area contributed by atoms with Crippen LogP contribution in [0.5, 0.6) is 0 Å². The van der Waals surface area contributed by atoms with Crippen LogP contribution in [0.4, 0.5) is 5.69 Å². The first kappa shape index (κ1) is 15.1. The van der Waals surface area contributed by atoms with Gasteiger partial charge in [0, 0.05) is 24.2 Å². The normalized spacial score (nSPS) is 13.9. The molecule has 0 bridgehead atoms. The van der Waals surface area contributed by atoms with E-state index in [9.17, 15) is 14.9 Å². The summed E-state index contributed by atoms with van der Waals surface area (Å²) < 4.78 is 0. The summed E-state index contributed by atoms with van der Waals surface area (Å²) in [5.41, 5.74) is 5.53. The molecule has 0 aromatic heterocycles. The average molecular weight is 265 g/mol. The van der Waals surface area contributed by atoms with Gasteiger partial charge in [-0.15, -0.1) is 0 Å². The van der Waals surface area contributed by atoms with E-state index in [4.69, 9.17) is 5.73 Å². The minimum atomic E-state index is -0.501. The van der Waals surface area contributed by atoms with Gasteiger partial charge in [0.15, 0.2) is 0 Å². The van der Waals surface area contributed by atoms with Crippen molar-refractivity contribution in [3.8, 4) is 0 Å². The van der Waals surface area contributed by atoms with Crippen molar-refractivity contribution < 1.29 is 9.72 Å². The summed E-state index contributed by atoms with van der Waals surface area (Å²) in [4.78, 5) is 22.1. The molecular formula is C13H19N3O3. The molecule has 0 aliphatic heterocycles. The molecule has 1 atom stereocenters. The van der Waals surface area contributed by atoms with Crippen LogP contribution in [0.15, 0.2) is 24.3 Å². The zero-order valence-electron chi connectivity index (χ0n) is 11.3. The summed E-state index contributed by atoms with van der Waals surface area (Å²) in [6.07, 6.45) is 0. The van der Waals surface area contributed by atoms with E-state index in [1.807, 2.05) is 20.8 Å². The molecule has 0 aliphatic carbocycles. The molecule has 0 aliphatic rings. The topological polar surface area (TPSA) is 98.3 Å². The van der Waals surface area contributed by atoms with E-state index < -0.39 is 10.5 Å². The van der Waals surface area contributed by atoms with Gasteiger partial charge in [0.1, 0.15) is 0 Å². The zero-order valence-corrected chi connectivity index (χ0v) is 11.3. The molecule has 6 nitrogen and oxygen atoms in total. The van der Waals surface area contributed by atoms with Crippen molar-refractivity contribution >= 4 is 11.6 Å². The highest BCUT2D eigenvalue weighted by atomic mass is 16.6. The molecule has 1 aromatic carbocycles. The number of nitrogens with one attached hydrogen (secondary N) is 1. The number of carbonyl (C=O) groups is 1. The summed E-state index contributed by atoms with van der Waals surface area (Å²) >= 11 is 0. The van der Waals surface area contributed by atoms with Crippen LogP contribution in [-0.4, -0.2) is 22.9 Å². The maximum Gasteiger partial charge on any atom is 0.269 e. The maximum atomic E-state index is 12.1. The fourth-order valence-electron chi connectivity index (χ4n) is 1.50. The standard InChI is InChI=1S/C13H19N3O3/c1-9(2)13(3,8-14)15-12(17)10-4-6-11(7-5-10)16(18)19/h4-7,9H,8,14H2,1-3H3,(H,15,17). The number of benzene rings is 1. The molecule has 3 N–H and O–H groups in total. The van der Waals surface area contributed by atoms with Crippen molar-refractivity contribution in [1.29, 1.82) is 0 Å². The molecule has 0 radical (unpaired) electrons. The number of carbonyl (C=O) groups excluding carboxylic acids is 1. The summed E-state index contributed by atoms with van der Waals surface area (Å²) in [6.45, 7) is 6.15. The van der Waals surface area contributed by atoms with Crippen molar-refractivity contribution in [3.63, 3.8) is 0 Å². The Kier molecular flexibility index (Phi) is 4.61. The molecule has 0 heterocycles. The molecule has 1 amide bonds. The predicted molar refractivity (Wildman–Crippen MR) is 72.9 cm³/mol. The molecule has 6 heteroatoms. The highest BCUT2D eigenvalue weighted by molar-refractivity contribution is 5.94. The Balaban J connectivity index is 2.86. The van der Waals surface area contributed by atoms with Gasteiger partial charge in [-0.2, -0.15) is 0 Å². The Morgan fingerprint density at radius 1 is 1.42 bits per heavy atom. The van der Waals surface area contributed by atoms with Gasteiger partial charge in [-0.1, -0.05) is 13.8 Å². The van der Waals surface area contributed by atoms with Crippen molar-refractivity contribution in [2.75, 3.05) is 6.54 Å². The van der Waals surface area contributed by atoms with E-state index in [1.54, 1.807) is 0 Å². The van der Waals surface area contributed by atoms with Gasteiger partial charge < -0.3 is 11.1 Å². The van der Waals surface area contributed by atoms with Gasteiger partial charge in [-0.05, 0) is 25.0 Å². The Bertz CT molecular complexity index is 471. The Morgan fingerprint density at radius 2 is 1.95 bits per heavy atom. The Labute approximate surface area is 112 Å². The van der Waals surface area contributed by atoms with E-state index in [0.29, 0.717) is 12.1 Å². The van der Waals surface area contributed by atoms with Crippen LogP contribution in [0.1, 0.15) is 31.1 Å². The van der Waals surface area contributed by atoms with E-state index in [1.165, 1.54) is 24.3 Å². The molecule has 1 rings (SSSR count). The summed E-state index contributed by atoms with van der Waals surface area (Å²) in [7, 11) is 0. The van der Waals surface area contributed by atoms with Gasteiger partial charge >= 0.3 is 0 Å². The monoisotopic (exact) mass is 265 g/mol. The molecule has 0 saturated carbocycles. The Hall–Kier alpha value is -1.95. The van der Waals surface area contributed by atoms with E-state index >= 15 is 0 Å². The molecule has 1 unspecified atom stereocenters. The van der Waals surface area contributed by atoms with Crippen molar-refractivity contribution in [1.82, 2.24) is 5.32 Å². The number of nitrogens with two attached hydrogens (primary N) is 1. The average Bonchev–Trinajstić information content (AvgIpc) is 2.38. The van der Waals surface area contributed by atoms with Gasteiger partial charge in [0.2, 0.25) is 0 Å². The molecule has 0 spiro atoms. The molecule has 0 saturated heterocycles. The third-order valence-corrected chi connectivity index (χ3v) is 3.44. The van der Waals surface area contributed by atoms with Crippen molar-refractivity contribution in [2.24, 2.45) is 11.7 Å². The largest absolute Gasteiger partial charge is 0.345 e. The van der Waals surface area contributed by atoms with E-state index in [0.717, 1.165) is 0 Å². The highest BCUT2D eigenvalue weighted by Crippen LogP contribution is 2.17. The highest BCUT2D eigenvalue weighted by Gasteiger charge is 2.28. The fourth-order valence-corrected chi connectivity index (χ4v) is 1.50. The summed E-state index contributed by atoms with van der Waals surface area (Å²) in [6, 6.07) is 5.49. The number of non-ortho nitro benzene ring substituents is 1. The van der Waals surface area contributed by atoms with Crippen LogP contribution in [0, 0.1) is 16.0 Å². The smallest absolute Gasteiger partial charge is 0.269 e. The van der Waals surface area contributed by atoms with Gasteiger partial charge in [0.25, 0.3) is 11.6 Å².